The Morgan fingerprint density at radius 2 is 2.57 bits per heavy atom. The van der Waals surface area contributed by atoms with E-state index in [0.29, 0.717) is 11.8 Å². The maximum Gasteiger partial charge on any atom is 0.180 e. The van der Waals surface area contributed by atoms with Crippen molar-refractivity contribution in [2.24, 2.45) is 0 Å². The summed E-state index contributed by atoms with van der Waals surface area (Å²) in [7, 11) is -0.897. The third kappa shape index (κ3) is 3.02. The highest BCUT2D eigenvalue weighted by atomic mass is 35.5. The summed E-state index contributed by atoms with van der Waals surface area (Å²) in [5.41, 5.74) is 0. The second-order valence-electron chi connectivity index (χ2n) is 3.10. The third-order valence-corrected chi connectivity index (χ3v) is 4.73. The van der Waals surface area contributed by atoms with E-state index >= 15 is 0 Å². The average Bonchev–Trinajstić information content (AvgIpc) is 2.74. The number of rotatable bonds is 3. The quantitative estimate of drug-likeness (QED) is 0.885. The van der Waals surface area contributed by atoms with Crippen molar-refractivity contribution in [3.8, 4) is 0 Å². The van der Waals surface area contributed by atoms with E-state index in [1.165, 1.54) is 17.8 Å². The summed E-state index contributed by atoms with van der Waals surface area (Å²) in [6.45, 7) is 1.07. The molecule has 0 amide bonds. The van der Waals surface area contributed by atoms with Crippen molar-refractivity contribution in [3.63, 3.8) is 0 Å². The van der Waals surface area contributed by atoms with Gasteiger partial charge in [0.15, 0.2) is 4.34 Å². The van der Waals surface area contributed by atoms with E-state index in [4.69, 9.17) is 0 Å². The lowest BCUT2D eigenvalue weighted by molar-refractivity contribution is 0.643. The van der Waals surface area contributed by atoms with Crippen LogP contribution in [0.25, 0.3) is 0 Å². The van der Waals surface area contributed by atoms with Crippen molar-refractivity contribution < 1.29 is 4.21 Å². The fraction of sp³-hybridized carbons (Fsp3) is 0.625. The second kappa shape index (κ2) is 5.80. The van der Waals surface area contributed by atoms with Gasteiger partial charge in [0, 0.05) is 23.4 Å². The normalized spacial score (nSPS) is 23.0. The minimum atomic E-state index is -0.897. The SMILES string of the molecule is Cl.O=S(CC1CCCN1)c1nccs1. The molecule has 1 saturated heterocycles. The van der Waals surface area contributed by atoms with Gasteiger partial charge in [-0.05, 0) is 19.4 Å². The molecule has 0 bridgehead atoms. The largest absolute Gasteiger partial charge is 0.313 e. The van der Waals surface area contributed by atoms with Gasteiger partial charge in [-0.1, -0.05) is 0 Å². The Kier molecular flexibility index (Phi) is 5.01. The summed E-state index contributed by atoms with van der Waals surface area (Å²) in [6, 6.07) is 0.435. The smallest absolute Gasteiger partial charge is 0.180 e. The average molecular weight is 253 g/mol. The maximum absolute atomic E-state index is 11.7. The van der Waals surface area contributed by atoms with Gasteiger partial charge in [0.1, 0.15) is 0 Å². The summed E-state index contributed by atoms with van der Waals surface area (Å²) >= 11 is 1.48. The van der Waals surface area contributed by atoms with Gasteiger partial charge in [-0.2, -0.15) is 0 Å². The highest BCUT2D eigenvalue weighted by molar-refractivity contribution is 7.87. The molecule has 0 aromatic carbocycles. The molecule has 0 radical (unpaired) electrons. The van der Waals surface area contributed by atoms with Crippen LogP contribution in [-0.4, -0.2) is 27.5 Å². The van der Waals surface area contributed by atoms with Crippen molar-refractivity contribution in [1.29, 1.82) is 0 Å². The third-order valence-electron chi connectivity index (χ3n) is 2.12. The Balaban J connectivity index is 0.000000980. The van der Waals surface area contributed by atoms with Gasteiger partial charge in [0.25, 0.3) is 0 Å². The molecule has 0 spiro atoms. The van der Waals surface area contributed by atoms with Crippen molar-refractivity contribution in [3.05, 3.63) is 11.6 Å². The summed E-state index contributed by atoms with van der Waals surface area (Å²) < 4.78 is 12.4. The number of nitrogens with one attached hydrogen (secondary N) is 1. The molecule has 80 valence electrons. The first-order valence-electron chi connectivity index (χ1n) is 4.37. The van der Waals surface area contributed by atoms with E-state index in [2.05, 4.69) is 10.3 Å². The number of aromatic nitrogens is 1. The molecule has 1 fully saturated rings. The number of hydrogen-bond donors (Lipinski definition) is 1. The van der Waals surface area contributed by atoms with E-state index in [1.807, 2.05) is 5.38 Å². The van der Waals surface area contributed by atoms with Gasteiger partial charge in [0.2, 0.25) is 0 Å². The summed E-state index contributed by atoms with van der Waals surface area (Å²) in [6.07, 6.45) is 4.07. The molecule has 2 atom stereocenters. The molecule has 0 aliphatic carbocycles. The molecule has 0 saturated carbocycles. The van der Waals surface area contributed by atoms with Crippen LogP contribution in [0.5, 0.6) is 0 Å². The number of halogens is 1. The van der Waals surface area contributed by atoms with Crippen molar-refractivity contribution >= 4 is 34.5 Å². The molecule has 1 aliphatic rings. The molecular formula is C8H13ClN2OS2. The highest BCUT2D eigenvalue weighted by Gasteiger charge is 2.18. The first kappa shape index (κ1) is 12.1. The summed E-state index contributed by atoms with van der Waals surface area (Å²) in [4.78, 5) is 4.05. The molecular weight excluding hydrogens is 240 g/mol. The second-order valence-corrected chi connectivity index (χ2v) is 5.67. The topological polar surface area (TPSA) is 42.0 Å². The van der Waals surface area contributed by atoms with E-state index in [-0.39, 0.29) is 12.4 Å². The molecule has 2 heterocycles. The van der Waals surface area contributed by atoms with Gasteiger partial charge < -0.3 is 5.32 Å². The van der Waals surface area contributed by atoms with Crippen LogP contribution in [0.3, 0.4) is 0 Å². The Morgan fingerprint density at radius 3 is 3.14 bits per heavy atom. The molecule has 1 aromatic rings. The van der Waals surface area contributed by atoms with Gasteiger partial charge in [-0.15, -0.1) is 23.7 Å². The summed E-state index contributed by atoms with van der Waals surface area (Å²) in [5.74, 6) is 0.716. The zero-order valence-corrected chi connectivity index (χ0v) is 10.1. The Labute approximate surface area is 96.2 Å². The minimum Gasteiger partial charge on any atom is -0.313 e. The molecule has 3 nitrogen and oxygen atoms in total. The lowest BCUT2D eigenvalue weighted by atomic mass is 10.3. The van der Waals surface area contributed by atoms with Crippen LogP contribution >= 0.6 is 23.7 Å². The first-order chi connectivity index (χ1) is 6.36. The predicted molar refractivity (Wildman–Crippen MR) is 61.7 cm³/mol. The molecule has 2 unspecified atom stereocenters. The van der Waals surface area contributed by atoms with Crippen LogP contribution in [0.2, 0.25) is 0 Å². The summed E-state index contributed by atoms with van der Waals surface area (Å²) in [5, 5.41) is 5.20. The van der Waals surface area contributed by atoms with E-state index in [9.17, 15) is 4.21 Å². The Bertz CT molecular complexity index is 286. The van der Waals surface area contributed by atoms with Crippen molar-refractivity contribution in [2.45, 2.75) is 23.2 Å². The lowest BCUT2D eigenvalue weighted by Gasteiger charge is -2.07. The van der Waals surface area contributed by atoms with Crippen LogP contribution in [0.15, 0.2) is 15.9 Å². The minimum absolute atomic E-state index is 0. The Hall–Kier alpha value is 0.0300. The molecule has 14 heavy (non-hydrogen) atoms. The van der Waals surface area contributed by atoms with Crippen LogP contribution in [0.1, 0.15) is 12.8 Å². The van der Waals surface area contributed by atoms with Gasteiger partial charge >= 0.3 is 0 Å². The maximum atomic E-state index is 11.7. The van der Waals surface area contributed by atoms with Gasteiger partial charge in [-0.3, -0.25) is 4.21 Å². The molecule has 1 aliphatic heterocycles. The van der Waals surface area contributed by atoms with Crippen LogP contribution in [-0.2, 0) is 10.8 Å². The monoisotopic (exact) mass is 252 g/mol. The number of nitrogens with zero attached hydrogens (tertiary/aromatic N) is 1. The fourth-order valence-electron chi connectivity index (χ4n) is 1.48. The molecule has 1 aromatic heterocycles. The zero-order chi connectivity index (χ0) is 9.10. The predicted octanol–water partition coefficient (Wildman–Crippen LogP) is 1.42. The zero-order valence-electron chi connectivity index (χ0n) is 7.64. The van der Waals surface area contributed by atoms with Gasteiger partial charge in [0.05, 0.1) is 10.8 Å². The molecule has 2 rings (SSSR count). The van der Waals surface area contributed by atoms with Crippen LogP contribution < -0.4 is 5.32 Å². The lowest BCUT2D eigenvalue weighted by Crippen LogP contribution is -2.27. The van der Waals surface area contributed by atoms with Crippen molar-refractivity contribution in [2.75, 3.05) is 12.3 Å². The first-order valence-corrected chi connectivity index (χ1v) is 6.57. The Morgan fingerprint density at radius 1 is 1.71 bits per heavy atom. The molecule has 1 N–H and O–H groups in total. The van der Waals surface area contributed by atoms with Crippen LogP contribution in [0, 0.1) is 0 Å². The number of thiazole rings is 1. The van der Waals surface area contributed by atoms with E-state index in [0.717, 1.165) is 17.3 Å². The highest BCUT2D eigenvalue weighted by Crippen LogP contribution is 2.13. The fourth-order valence-corrected chi connectivity index (χ4v) is 3.61. The van der Waals surface area contributed by atoms with Crippen molar-refractivity contribution in [1.82, 2.24) is 10.3 Å². The van der Waals surface area contributed by atoms with Crippen LogP contribution in [0.4, 0.5) is 0 Å². The number of hydrogen-bond acceptors (Lipinski definition) is 4. The van der Waals surface area contributed by atoms with E-state index < -0.39 is 10.8 Å². The molecule has 6 heteroatoms. The van der Waals surface area contributed by atoms with Gasteiger partial charge in [-0.25, -0.2) is 4.98 Å². The van der Waals surface area contributed by atoms with E-state index in [1.54, 1.807) is 6.20 Å². The standard InChI is InChI=1S/C8H12N2OS2.ClH/c11-13(8-10-4-5-12-8)6-7-2-1-3-9-7;/h4-5,7,9H,1-3,6H2;1H.